The SMILES string of the molecule is COc1ccc(Br)c(NC(=O)c2cncc(NN)n2)c1. The summed E-state index contributed by atoms with van der Waals surface area (Å²) in [6.07, 6.45) is 2.77. The van der Waals surface area contributed by atoms with Crippen LogP contribution in [-0.4, -0.2) is 23.0 Å². The predicted molar refractivity (Wildman–Crippen MR) is 78.5 cm³/mol. The summed E-state index contributed by atoms with van der Waals surface area (Å²) < 4.78 is 5.84. The number of aromatic nitrogens is 2. The summed E-state index contributed by atoms with van der Waals surface area (Å²) in [5.74, 6) is 5.76. The number of nitrogens with zero attached hydrogens (tertiary/aromatic N) is 2. The molecule has 0 aliphatic rings. The maximum Gasteiger partial charge on any atom is 0.275 e. The van der Waals surface area contributed by atoms with E-state index in [0.717, 1.165) is 4.47 Å². The molecule has 20 heavy (non-hydrogen) atoms. The van der Waals surface area contributed by atoms with Gasteiger partial charge in [0.05, 0.1) is 25.2 Å². The fourth-order valence-corrected chi connectivity index (χ4v) is 1.80. The molecule has 1 aromatic carbocycles. The number of hydrazine groups is 1. The van der Waals surface area contributed by atoms with Gasteiger partial charge in [-0.3, -0.25) is 9.78 Å². The van der Waals surface area contributed by atoms with Crippen molar-refractivity contribution in [2.24, 2.45) is 5.84 Å². The fourth-order valence-electron chi connectivity index (χ4n) is 1.46. The topological polar surface area (TPSA) is 102 Å². The number of carbonyl (C=O) groups is 1. The van der Waals surface area contributed by atoms with E-state index in [2.05, 4.69) is 36.6 Å². The Labute approximate surface area is 123 Å². The first-order valence-corrected chi connectivity index (χ1v) is 6.37. The Hall–Kier alpha value is -2.19. The van der Waals surface area contributed by atoms with Gasteiger partial charge in [-0.1, -0.05) is 0 Å². The summed E-state index contributed by atoms with van der Waals surface area (Å²) in [5.41, 5.74) is 3.05. The van der Waals surface area contributed by atoms with Crippen LogP contribution >= 0.6 is 15.9 Å². The minimum absolute atomic E-state index is 0.148. The van der Waals surface area contributed by atoms with Crippen LogP contribution in [0.2, 0.25) is 0 Å². The molecular weight excluding hydrogens is 326 g/mol. The van der Waals surface area contributed by atoms with Gasteiger partial charge in [0, 0.05) is 10.5 Å². The standard InChI is InChI=1S/C12H12BrN5O2/c1-20-7-2-3-8(13)9(4-7)17-12(19)10-5-15-6-11(16-10)18-14/h2-6H,14H2,1H3,(H,16,18)(H,17,19). The number of amides is 1. The molecule has 0 saturated carbocycles. The van der Waals surface area contributed by atoms with Crippen LogP contribution in [0.5, 0.6) is 5.75 Å². The van der Waals surface area contributed by atoms with Crippen LogP contribution in [0.3, 0.4) is 0 Å². The van der Waals surface area contributed by atoms with Crippen molar-refractivity contribution < 1.29 is 9.53 Å². The lowest BCUT2D eigenvalue weighted by atomic mass is 10.3. The summed E-state index contributed by atoms with van der Waals surface area (Å²) in [4.78, 5) is 20.0. The lowest BCUT2D eigenvalue weighted by Crippen LogP contribution is -2.17. The Morgan fingerprint density at radius 2 is 2.20 bits per heavy atom. The molecule has 0 saturated heterocycles. The van der Waals surface area contributed by atoms with Crippen molar-refractivity contribution in [3.63, 3.8) is 0 Å². The van der Waals surface area contributed by atoms with E-state index >= 15 is 0 Å². The molecule has 0 aliphatic carbocycles. The maximum atomic E-state index is 12.1. The third-order valence-corrected chi connectivity index (χ3v) is 3.13. The Bertz CT molecular complexity index is 635. The molecule has 0 spiro atoms. The lowest BCUT2D eigenvalue weighted by molar-refractivity contribution is 0.102. The number of methoxy groups -OCH3 is 1. The summed E-state index contributed by atoms with van der Waals surface area (Å²) in [5, 5.41) is 2.72. The van der Waals surface area contributed by atoms with Crippen LogP contribution < -0.4 is 21.3 Å². The number of hydrogen-bond donors (Lipinski definition) is 3. The van der Waals surface area contributed by atoms with Gasteiger partial charge in [-0.15, -0.1) is 0 Å². The molecule has 0 atom stereocenters. The molecule has 1 amide bonds. The summed E-state index contributed by atoms with van der Waals surface area (Å²) in [6.45, 7) is 0. The zero-order valence-corrected chi connectivity index (χ0v) is 12.1. The van der Waals surface area contributed by atoms with Crippen molar-refractivity contribution in [3.8, 4) is 5.75 Å². The number of halogens is 1. The van der Waals surface area contributed by atoms with Gasteiger partial charge in [0.15, 0.2) is 5.82 Å². The molecule has 104 valence electrons. The third kappa shape index (κ3) is 3.22. The van der Waals surface area contributed by atoms with E-state index in [9.17, 15) is 4.79 Å². The number of benzene rings is 1. The van der Waals surface area contributed by atoms with Crippen molar-refractivity contribution >= 4 is 33.3 Å². The quantitative estimate of drug-likeness (QED) is 0.580. The molecule has 0 radical (unpaired) electrons. The van der Waals surface area contributed by atoms with Crippen molar-refractivity contribution in [3.05, 3.63) is 40.8 Å². The number of nitrogen functional groups attached to an aromatic ring is 1. The van der Waals surface area contributed by atoms with E-state index in [1.54, 1.807) is 25.3 Å². The molecule has 0 fully saturated rings. The maximum absolute atomic E-state index is 12.1. The van der Waals surface area contributed by atoms with Gasteiger partial charge in [0.1, 0.15) is 11.4 Å². The minimum atomic E-state index is -0.399. The number of carbonyl (C=O) groups excluding carboxylic acids is 1. The molecule has 0 unspecified atom stereocenters. The lowest BCUT2D eigenvalue weighted by Gasteiger charge is -2.09. The highest BCUT2D eigenvalue weighted by molar-refractivity contribution is 9.10. The number of rotatable bonds is 4. The van der Waals surface area contributed by atoms with Gasteiger partial charge in [-0.2, -0.15) is 0 Å². The van der Waals surface area contributed by atoms with Gasteiger partial charge < -0.3 is 15.5 Å². The molecule has 2 rings (SSSR count). The molecule has 1 heterocycles. The second-order valence-electron chi connectivity index (χ2n) is 3.73. The second-order valence-corrected chi connectivity index (χ2v) is 4.59. The zero-order chi connectivity index (χ0) is 14.5. The monoisotopic (exact) mass is 337 g/mol. The summed E-state index contributed by atoms with van der Waals surface area (Å²) >= 11 is 3.35. The Balaban J connectivity index is 2.22. The van der Waals surface area contributed by atoms with Crippen molar-refractivity contribution in [1.29, 1.82) is 0 Å². The smallest absolute Gasteiger partial charge is 0.275 e. The number of ether oxygens (including phenoxy) is 1. The van der Waals surface area contributed by atoms with E-state index < -0.39 is 5.91 Å². The van der Waals surface area contributed by atoms with E-state index in [1.807, 2.05) is 0 Å². The second kappa shape index (κ2) is 6.31. The summed E-state index contributed by atoms with van der Waals surface area (Å²) in [7, 11) is 1.55. The average Bonchev–Trinajstić information content (AvgIpc) is 2.49. The number of nitrogens with one attached hydrogen (secondary N) is 2. The van der Waals surface area contributed by atoms with Crippen LogP contribution in [0, 0.1) is 0 Å². The van der Waals surface area contributed by atoms with Gasteiger partial charge in [-0.05, 0) is 28.1 Å². The van der Waals surface area contributed by atoms with E-state index in [0.29, 0.717) is 17.3 Å². The number of hydrogen-bond acceptors (Lipinski definition) is 6. The first kappa shape index (κ1) is 14.2. The fraction of sp³-hybridized carbons (Fsp3) is 0.0833. The molecular formula is C12H12BrN5O2. The Kier molecular flexibility index (Phi) is 4.49. The summed E-state index contributed by atoms with van der Waals surface area (Å²) in [6, 6.07) is 5.25. The highest BCUT2D eigenvalue weighted by Crippen LogP contribution is 2.27. The van der Waals surface area contributed by atoms with Crippen molar-refractivity contribution in [1.82, 2.24) is 9.97 Å². The van der Waals surface area contributed by atoms with Gasteiger partial charge in [0.2, 0.25) is 0 Å². The molecule has 7 nitrogen and oxygen atoms in total. The van der Waals surface area contributed by atoms with Gasteiger partial charge >= 0.3 is 0 Å². The van der Waals surface area contributed by atoms with Crippen LogP contribution in [0.1, 0.15) is 10.5 Å². The van der Waals surface area contributed by atoms with E-state index in [4.69, 9.17) is 10.6 Å². The first-order valence-electron chi connectivity index (χ1n) is 5.57. The first-order chi connectivity index (χ1) is 9.63. The largest absolute Gasteiger partial charge is 0.497 e. The predicted octanol–water partition coefficient (Wildman–Crippen LogP) is 1.79. The van der Waals surface area contributed by atoms with Crippen molar-refractivity contribution in [2.45, 2.75) is 0 Å². The van der Waals surface area contributed by atoms with Gasteiger partial charge in [0.25, 0.3) is 5.91 Å². The Morgan fingerprint density at radius 3 is 2.90 bits per heavy atom. The van der Waals surface area contributed by atoms with Crippen molar-refractivity contribution in [2.75, 3.05) is 17.9 Å². The van der Waals surface area contributed by atoms with E-state index in [1.165, 1.54) is 12.4 Å². The molecule has 8 heteroatoms. The molecule has 0 bridgehead atoms. The average molecular weight is 338 g/mol. The van der Waals surface area contributed by atoms with Crippen LogP contribution in [0.4, 0.5) is 11.5 Å². The normalized spacial score (nSPS) is 9.95. The highest BCUT2D eigenvalue weighted by atomic mass is 79.9. The van der Waals surface area contributed by atoms with E-state index in [-0.39, 0.29) is 5.69 Å². The van der Waals surface area contributed by atoms with Crippen LogP contribution in [0.25, 0.3) is 0 Å². The molecule has 0 aliphatic heterocycles. The zero-order valence-electron chi connectivity index (χ0n) is 10.6. The number of anilines is 2. The van der Waals surface area contributed by atoms with Crippen LogP contribution in [-0.2, 0) is 0 Å². The van der Waals surface area contributed by atoms with Gasteiger partial charge in [-0.25, -0.2) is 10.8 Å². The minimum Gasteiger partial charge on any atom is -0.497 e. The molecule has 2 aromatic rings. The Morgan fingerprint density at radius 1 is 1.40 bits per heavy atom. The number of nitrogens with two attached hydrogens (primary N) is 1. The molecule has 4 N–H and O–H groups in total. The highest BCUT2D eigenvalue weighted by Gasteiger charge is 2.11. The molecule has 1 aromatic heterocycles. The van der Waals surface area contributed by atoms with Crippen LogP contribution in [0.15, 0.2) is 35.1 Å². The third-order valence-electron chi connectivity index (χ3n) is 2.44.